The number of hydrogen-bond donors (Lipinski definition) is 3. The Morgan fingerprint density at radius 1 is 1.09 bits per heavy atom. The standard InChI is InChI=1S/C23H26N8O2/c1-33-12-11-26-19-8-7-18(30-31-19)20(32)29-21(24)23(9-2-10-23)17-5-3-15(4-6-17)16-13-27-22(25)28-14-16/h3-8,13-14H,2,9-12H2,1H3,(H,26,31)(H2,24,29,32)(H2,25,27,28). The number of aliphatic imine (C=N–C) groups is 1. The highest BCUT2D eigenvalue weighted by Crippen LogP contribution is 2.44. The van der Waals surface area contributed by atoms with Gasteiger partial charge in [0.25, 0.3) is 5.91 Å². The first-order chi connectivity index (χ1) is 16.0. The van der Waals surface area contributed by atoms with Crippen LogP contribution in [-0.2, 0) is 10.2 Å². The average Bonchev–Trinajstić information content (AvgIpc) is 2.80. The monoisotopic (exact) mass is 446 g/mol. The maximum Gasteiger partial charge on any atom is 0.299 e. The lowest BCUT2D eigenvalue weighted by Gasteiger charge is -2.41. The minimum atomic E-state index is -0.509. The van der Waals surface area contributed by atoms with Crippen LogP contribution in [0.15, 0.2) is 53.8 Å². The number of nitrogen functional groups attached to an aromatic ring is 1. The van der Waals surface area contributed by atoms with E-state index in [0.717, 1.165) is 36.0 Å². The first-order valence-corrected chi connectivity index (χ1v) is 10.7. The Labute approximate surface area is 191 Å². The number of hydrogen-bond acceptors (Lipinski definition) is 8. The van der Waals surface area contributed by atoms with Crippen molar-refractivity contribution in [3.05, 3.63) is 60.0 Å². The molecule has 33 heavy (non-hydrogen) atoms. The molecule has 0 unspecified atom stereocenters. The number of nitrogens with zero attached hydrogens (tertiary/aromatic N) is 5. The first-order valence-electron chi connectivity index (χ1n) is 10.7. The molecule has 1 aliphatic rings. The number of amidine groups is 1. The average molecular weight is 447 g/mol. The lowest BCUT2D eigenvalue weighted by atomic mass is 9.63. The molecule has 0 atom stereocenters. The highest BCUT2D eigenvalue weighted by molar-refractivity contribution is 6.05. The molecule has 0 radical (unpaired) electrons. The summed E-state index contributed by atoms with van der Waals surface area (Å²) in [5, 5.41) is 11.0. The molecule has 2 aromatic heterocycles. The van der Waals surface area contributed by atoms with E-state index in [1.54, 1.807) is 31.6 Å². The van der Waals surface area contributed by atoms with E-state index in [1.165, 1.54) is 0 Å². The summed E-state index contributed by atoms with van der Waals surface area (Å²) in [6.45, 7) is 1.14. The summed E-state index contributed by atoms with van der Waals surface area (Å²) in [6.07, 6.45) is 6.04. The second-order valence-corrected chi connectivity index (χ2v) is 7.87. The van der Waals surface area contributed by atoms with Gasteiger partial charge in [0.1, 0.15) is 11.7 Å². The van der Waals surface area contributed by atoms with Crippen LogP contribution in [0.3, 0.4) is 0 Å². The predicted molar refractivity (Wildman–Crippen MR) is 126 cm³/mol. The van der Waals surface area contributed by atoms with Crippen molar-refractivity contribution < 1.29 is 9.53 Å². The maximum absolute atomic E-state index is 12.7. The van der Waals surface area contributed by atoms with Gasteiger partial charge in [-0.25, -0.2) is 9.97 Å². The summed E-state index contributed by atoms with van der Waals surface area (Å²) in [6, 6.07) is 11.3. The Balaban J connectivity index is 1.50. The third-order valence-electron chi connectivity index (χ3n) is 5.86. The molecule has 1 aliphatic carbocycles. The van der Waals surface area contributed by atoms with Crippen LogP contribution in [0.4, 0.5) is 11.8 Å². The molecule has 0 aliphatic heterocycles. The second-order valence-electron chi connectivity index (χ2n) is 7.87. The molecule has 170 valence electrons. The zero-order chi connectivity index (χ0) is 23.3. The number of rotatable bonds is 8. The molecule has 10 heteroatoms. The number of methoxy groups -OCH3 is 1. The Bertz CT molecular complexity index is 1120. The van der Waals surface area contributed by atoms with Crippen LogP contribution in [0, 0.1) is 0 Å². The van der Waals surface area contributed by atoms with Gasteiger partial charge in [0, 0.05) is 31.6 Å². The molecular formula is C23H26N8O2. The second kappa shape index (κ2) is 9.70. The van der Waals surface area contributed by atoms with E-state index >= 15 is 0 Å². The van der Waals surface area contributed by atoms with Crippen molar-refractivity contribution in [3.63, 3.8) is 0 Å². The molecule has 5 N–H and O–H groups in total. The molecule has 3 aromatic rings. The van der Waals surface area contributed by atoms with Crippen LogP contribution < -0.4 is 16.8 Å². The molecular weight excluding hydrogens is 420 g/mol. The van der Waals surface area contributed by atoms with Gasteiger partial charge in [0.15, 0.2) is 5.69 Å². The van der Waals surface area contributed by atoms with Crippen molar-refractivity contribution in [1.82, 2.24) is 20.2 Å². The van der Waals surface area contributed by atoms with Gasteiger partial charge in [-0.05, 0) is 36.1 Å². The molecule has 1 saturated carbocycles. The number of nitrogens with two attached hydrogens (primary N) is 2. The summed E-state index contributed by atoms with van der Waals surface area (Å²) in [5.41, 5.74) is 14.5. The third-order valence-corrected chi connectivity index (χ3v) is 5.86. The Morgan fingerprint density at radius 2 is 1.82 bits per heavy atom. The summed E-state index contributed by atoms with van der Waals surface area (Å²) in [4.78, 5) is 24.9. The number of ether oxygens (including phenoxy) is 1. The number of benzene rings is 1. The van der Waals surface area contributed by atoms with Crippen LogP contribution in [0.25, 0.3) is 11.1 Å². The highest BCUT2D eigenvalue weighted by atomic mass is 16.5. The largest absolute Gasteiger partial charge is 0.386 e. The Morgan fingerprint density at radius 3 is 2.39 bits per heavy atom. The van der Waals surface area contributed by atoms with Crippen LogP contribution in [-0.4, -0.2) is 52.2 Å². The Kier molecular flexibility index (Phi) is 6.55. The number of aromatic nitrogens is 4. The molecule has 4 rings (SSSR count). The first kappa shape index (κ1) is 22.3. The summed E-state index contributed by atoms with van der Waals surface area (Å²) < 4.78 is 4.98. The molecule has 2 heterocycles. The van der Waals surface area contributed by atoms with Gasteiger partial charge in [-0.1, -0.05) is 30.7 Å². The van der Waals surface area contributed by atoms with Crippen molar-refractivity contribution in [2.24, 2.45) is 10.7 Å². The van der Waals surface area contributed by atoms with Gasteiger partial charge < -0.3 is 21.5 Å². The molecule has 1 fully saturated rings. The summed E-state index contributed by atoms with van der Waals surface area (Å²) in [7, 11) is 1.62. The zero-order valence-electron chi connectivity index (χ0n) is 18.4. The molecule has 1 amide bonds. The fourth-order valence-electron chi connectivity index (χ4n) is 3.79. The molecule has 10 nitrogen and oxygen atoms in total. The van der Waals surface area contributed by atoms with E-state index in [4.69, 9.17) is 16.2 Å². The molecule has 0 saturated heterocycles. The van der Waals surface area contributed by atoms with Gasteiger partial charge in [-0.15, -0.1) is 10.2 Å². The normalized spacial score (nSPS) is 15.0. The van der Waals surface area contributed by atoms with Gasteiger partial charge in [-0.3, -0.25) is 4.79 Å². The number of nitrogens with one attached hydrogen (secondary N) is 1. The fraction of sp³-hybridized carbons (Fsp3) is 0.304. The molecule has 0 bridgehead atoms. The number of carbonyl (C=O) groups excluding carboxylic acids is 1. The minimum Gasteiger partial charge on any atom is -0.386 e. The fourth-order valence-corrected chi connectivity index (χ4v) is 3.79. The SMILES string of the molecule is COCCNc1ccc(C(=O)N=C(N)C2(c3ccc(-c4cnc(N)nc4)cc3)CCC2)nn1. The van der Waals surface area contributed by atoms with Crippen LogP contribution in [0.2, 0.25) is 0 Å². The topological polar surface area (TPSA) is 154 Å². The van der Waals surface area contributed by atoms with Gasteiger partial charge in [0.05, 0.1) is 12.0 Å². The number of amides is 1. The molecule has 1 aromatic carbocycles. The van der Waals surface area contributed by atoms with Crippen LogP contribution >= 0.6 is 0 Å². The third kappa shape index (κ3) is 4.80. The van der Waals surface area contributed by atoms with Gasteiger partial charge in [-0.2, -0.15) is 4.99 Å². The zero-order valence-corrected chi connectivity index (χ0v) is 18.4. The lowest BCUT2D eigenvalue weighted by Crippen LogP contribution is -2.47. The number of anilines is 2. The van der Waals surface area contributed by atoms with E-state index in [0.29, 0.717) is 24.8 Å². The predicted octanol–water partition coefficient (Wildman–Crippen LogP) is 2.19. The van der Waals surface area contributed by atoms with Crippen molar-refractivity contribution in [2.75, 3.05) is 31.3 Å². The van der Waals surface area contributed by atoms with Crippen molar-refractivity contribution in [3.8, 4) is 11.1 Å². The smallest absolute Gasteiger partial charge is 0.299 e. The quantitative estimate of drug-likeness (QED) is 0.268. The van der Waals surface area contributed by atoms with Crippen LogP contribution in [0.5, 0.6) is 0 Å². The lowest BCUT2D eigenvalue weighted by molar-refractivity contribution is 0.0995. The van der Waals surface area contributed by atoms with E-state index in [2.05, 4.69) is 30.5 Å². The Hall–Kier alpha value is -3.92. The molecule has 0 spiro atoms. The van der Waals surface area contributed by atoms with E-state index in [9.17, 15) is 4.79 Å². The van der Waals surface area contributed by atoms with E-state index < -0.39 is 11.3 Å². The van der Waals surface area contributed by atoms with Crippen molar-refractivity contribution in [1.29, 1.82) is 0 Å². The van der Waals surface area contributed by atoms with Crippen molar-refractivity contribution >= 4 is 23.5 Å². The number of carbonyl (C=O) groups is 1. The van der Waals surface area contributed by atoms with Crippen LogP contribution in [0.1, 0.15) is 35.3 Å². The van der Waals surface area contributed by atoms with E-state index in [1.807, 2.05) is 24.3 Å². The van der Waals surface area contributed by atoms with Gasteiger partial charge in [0.2, 0.25) is 5.95 Å². The summed E-state index contributed by atoms with van der Waals surface area (Å²) in [5.74, 6) is 0.582. The van der Waals surface area contributed by atoms with E-state index in [-0.39, 0.29) is 11.6 Å². The van der Waals surface area contributed by atoms with Gasteiger partial charge >= 0.3 is 0 Å². The maximum atomic E-state index is 12.7. The van der Waals surface area contributed by atoms with Crippen molar-refractivity contribution in [2.45, 2.75) is 24.7 Å². The minimum absolute atomic E-state index is 0.142. The highest BCUT2D eigenvalue weighted by Gasteiger charge is 2.43. The summed E-state index contributed by atoms with van der Waals surface area (Å²) >= 11 is 0.